The van der Waals surface area contributed by atoms with Crippen LogP contribution in [0.3, 0.4) is 0 Å². The molecule has 2 rings (SSSR count). The van der Waals surface area contributed by atoms with Crippen LogP contribution in [0.25, 0.3) is 0 Å². The van der Waals surface area contributed by atoms with Crippen molar-refractivity contribution in [3.63, 3.8) is 0 Å². The first-order chi connectivity index (χ1) is 7.83. The van der Waals surface area contributed by atoms with Gasteiger partial charge in [0.05, 0.1) is 12.1 Å². The third-order valence-corrected chi connectivity index (χ3v) is 3.61. The van der Waals surface area contributed by atoms with Crippen LogP contribution in [-0.4, -0.2) is 18.1 Å². The Morgan fingerprint density at radius 3 is 2.65 bits per heavy atom. The summed E-state index contributed by atoms with van der Waals surface area (Å²) < 4.78 is 6.66. The summed E-state index contributed by atoms with van der Waals surface area (Å²) >= 11 is 3.44. The monoisotopic (exact) mass is 297 g/mol. The number of carbonyl (C=O) groups excluding carboxylic acids is 1. The number of halogens is 1. The zero-order valence-electron chi connectivity index (χ0n) is 10.2. The normalized spacial score (nSPS) is 27.6. The Hall–Kier alpha value is -0.870. The fourth-order valence-corrected chi connectivity index (χ4v) is 2.21. The Morgan fingerprint density at radius 1 is 1.35 bits per heavy atom. The minimum atomic E-state index is -0.745. The maximum Gasteiger partial charge on any atom is 0.252 e. The van der Waals surface area contributed by atoms with Gasteiger partial charge < -0.3 is 10.1 Å². The van der Waals surface area contributed by atoms with E-state index in [0.29, 0.717) is 6.61 Å². The van der Waals surface area contributed by atoms with Crippen LogP contribution in [0.5, 0.6) is 0 Å². The summed E-state index contributed by atoms with van der Waals surface area (Å²) in [6.07, 6.45) is 0. The number of nitrogens with one attached hydrogen (secondary N) is 1. The second kappa shape index (κ2) is 4.10. The Labute approximate surface area is 110 Å². The average Bonchev–Trinajstić information content (AvgIpc) is 2.25. The molecule has 1 aromatic rings. The lowest BCUT2D eigenvalue weighted by Crippen LogP contribution is -2.60. The molecule has 0 aliphatic carbocycles. The molecule has 1 fully saturated rings. The zero-order valence-corrected chi connectivity index (χ0v) is 11.8. The van der Waals surface area contributed by atoms with Gasteiger partial charge in [0.2, 0.25) is 0 Å². The molecule has 1 unspecified atom stereocenters. The molecule has 1 aromatic carbocycles. The predicted octanol–water partition coefficient (Wildman–Crippen LogP) is 2.59. The zero-order chi connectivity index (χ0) is 12.7. The van der Waals surface area contributed by atoms with E-state index in [1.807, 2.05) is 31.2 Å². The fraction of sp³-hybridized carbons (Fsp3) is 0.462. The van der Waals surface area contributed by atoms with Gasteiger partial charge in [-0.25, -0.2) is 0 Å². The molecular weight excluding hydrogens is 282 g/mol. The van der Waals surface area contributed by atoms with Gasteiger partial charge in [0.1, 0.15) is 5.60 Å². The molecule has 0 aromatic heterocycles. The molecule has 1 aliphatic heterocycles. The van der Waals surface area contributed by atoms with Gasteiger partial charge in [-0.3, -0.25) is 4.79 Å². The molecule has 0 saturated carbocycles. The third-order valence-electron chi connectivity index (χ3n) is 3.12. The van der Waals surface area contributed by atoms with Crippen molar-refractivity contribution in [3.05, 3.63) is 34.3 Å². The summed E-state index contributed by atoms with van der Waals surface area (Å²) in [6.45, 7) is 6.01. The van der Waals surface area contributed by atoms with E-state index >= 15 is 0 Å². The van der Waals surface area contributed by atoms with Gasteiger partial charge in [-0.05, 0) is 38.5 Å². The van der Waals surface area contributed by atoms with Crippen molar-refractivity contribution < 1.29 is 9.53 Å². The molecule has 1 N–H and O–H groups in total. The smallest absolute Gasteiger partial charge is 0.252 e. The van der Waals surface area contributed by atoms with Crippen LogP contribution < -0.4 is 5.32 Å². The first kappa shape index (κ1) is 12.6. The molecule has 3 nitrogen and oxygen atoms in total. The SMILES string of the molecule is CC1(C)OCC(C)(c2cccc(Br)c2)NC1=O. The van der Waals surface area contributed by atoms with Crippen LogP contribution in [0, 0.1) is 0 Å². The van der Waals surface area contributed by atoms with E-state index in [-0.39, 0.29) is 5.91 Å². The van der Waals surface area contributed by atoms with Crippen molar-refractivity contribution >= 4 is 21.8 Å². The molecule has 0 bridgehead atoms. The number of ether oxygens (including phenoxy) is 1. The molecule has 1 atom stereocenters. The summed E-state index contributed by atoms with van der Waals surface area (Å²) in [7, 11) is 0. The lowest BCUT2D eigenvalue weighted by Gasteiger charge is -2.41. The molecule has 0 radical (unpaired) electrons. The van der Waals surface area contributed by atoms with Crippen molar-refractivity contribution in [1.82, 2.24) is 5.32 Å². The van der Waals surface area contributed by atoms with E-state index in [0.717, 1.165) is 10.0 Å². The van der Waals surface area contributed by atoms with Gasteiger partial charge in [0.15, 0.2) is 0 Å². The molecule has 0 spiro atoms. The van der Waals surface area contributed by atoms with Crippen LogP contribution in [0.15, 0.2) is 28.7 Å². The highest BCUT2D eigenvalue weighted by Gasteiger charge is 2.42. The Morgan fingerprint density at radius 2 is 2.06 bits per heavy atom. The topological polar surface area (TPSA) is 38.3 Å². The van der Waals surface area contributed by atoms with Crippen molar-refractivity contribution in [1.29, 1.82) is 0 Å². The van der Waals surface area contributed by atoms with Gasteiger partial charge in [-0.15, -0.1) is 0 Å². The third kappa shape index (κ3) is 2.38. The Bertz CT molecular complexity index is 458. The highest BCUT2D eigenvalue weighted by atomic mass is 79.9. The van der Waals surface area contributed by atoms with Gasteiger partial charge in [0, 0.05) is 4.47 Å². The number of benzene rings is 1. The van der Waals surface area contributed by atoms with Crippen LogP contribution in [-0.2, 0) is 15.1 Å². The molecule has 1 aliphatic rings. The van der Waals surface area contributed by atoms with Crippen LogP contribution in [0.1, 0.15) is 26.3 Å². The minimum Gasteiger partial charge on any atom is -0.363 e. The number of hydrogen-bond acceptors (Lipinski definition) is 2. The van der Waals surface area contributed by atoms with Gasteiger partial charge in [-0.2, -0.15) is 0 Å². The van der Waals surface area contributed by atoms with Crippen molar-refractivity contribution in [2.75, 3.05) is 6.61 Å². The standard InChI is InChI=1S/C13H16BrNO2/c1-12(2)11(16)15-13(3,8-17-12)9-5-4-6-10(14)7-9/h4-7H,8H2,1-3H3,(H,15,16). The van der Waals surface area contributed by atoms with Crippen molar-refractivity contribution in [2.45, 2.75) is 31.9 Å². The van der Waals surface area contributed by atoms with Crippen molar-refractivity contribution in [2.24, 2.45) is 0 Å². The highest BCUT2D eigenvalue weighted by molar-refractivity contribution is 9.10. The number of hydrogen-bond donors (Lipinski definition) is 1. The summed E-state index contributed by atoms with van der Waals surface area (Å²) in [5.74, 6) is -0.0776. The summed E-state index contributed by atoms with van der Waals surface area (Å²) in [5.41, 5.74) is -0.169. The van der Waals surface area contributed by atoms with Gasteiger partial charge in [0.25, 0.3) is 5.91 Å². The molecule has 1 amide bonds. The fourth-order valence-electron chi connectivity index (χ4n) is 1.81. The molecule has 4 heteroatoms. The average molecular weight is 298 g/mol. The maximum atomic E-state index is 11.9. The second-order valence-electron chi connectivity index (χ2n) is 5.10. The van der Waals surface area contributed by atoms with E-state index in [2.05, 4.69) is 21.2 Å². The lowest BCUT2D eigenvalue weighted by atomic mass is 9.89. The van der Waals surface area contributed by atoms with Crippen LogP contribution in [0.2, 0.25) is 0 Å². The summed E-state index contributed by atoms with van der Waals surface area (Å²) in [6, 6.07) is 7.91. The lowest BCUT2D eigenvalue weighted by molar-refractivity contribution is -0.159. The maximum absolute atomic E-state index is 11.9. The Balaban J connectivity index is 2.30. The molecule has 17 heavy (non-hydrogen) atoms. The predicted molar refractivity (Wildman–Crippen MR) is 69.7 cm³/mol. The quantitative estimate of drug-likeness (QED) is 0.865. The number of amides is 1. The summed E-state index contributed by atoms with van der Waals surface area (Å²) in [4.78, 5) is 11.9. The second-order valence-corrected chi connectivity index (χ2v) is 6.01. The number of carbonyl (C=O) groups is 1. The summed E-state index contributed by atoms with van der Waals surface area (Å²) in [5, 5.41) is 3.04. The van der Waals surface area contributed by atoms with Crippen LogP contribution in [0.4, 0.5) is 0 Å². The van der Waals surface area contributed by atoms with E-state index in [4.69, 9.17) is 4.74 Å². The largest absolute Gasteiger partial charge is 0.363 e. The van der Waals surface area contributed by atoms with E-state index < -0.39 is 11.1 Å². The molecular formula is C13H16BrNO2. The molecule has 92 valence electrons. The molecule has 1 saturated heterocycles. The number of rotatable bonds is 1. The van der Waals surface area contributed by atoms with Gasteiger partial charge in [-0.1, -0.05) is 28.1 Å². The number of morpholine rings is 1. The van der Waals surface area contributed by atoms with E-state index in [9.17, 15) is 4.79 Å². The highest BCUT2D eigenvalue weighted by Crippen LogP contribution is 2.30. The minimum absolute atomic E-state index is 0.0776. The van der Waals surface area contributed by atoms with Gasteiger partial charge >= 0.3 is 0 Å². The van der Waals surface area contributed by atoms with Crippen molar-refractivity contribution in [3.8, 4) is 0 Å². The first-order valence-electron chi connectivity index (χ1n) is 5.56. The van der Waals surface area contributed by atoms with E-state index in [1.54, 1.807) is 13.8 Å². The van der Waals surface area contributed by atoms with E-state index in [1.165, 1.54) is 0 Å². The molecule has 1 heterocycles. The Kier molecular flexibility index (Phi) is 3.04. The first-order valence-corrected chi connectivity index (χ1v) is 6.35. The van der Waals surface area contributed by atoms with Crippen LogP contribution >= 0.6 is 15.9 Å².